The molecule has 60 valence electrons. The minimum Gasteiger partial charge on any atom is -0.396 e. The molecule has 1 atom stereocenters. The van der Waals surface area contributed by atoms with Crippen molar-refractivity contribution in [3.8, 4) is 0 Å². The molecule has 2 nitrogen and oxygen atoms in total. The van der Waals surface area contributed by atoms with Crippen molar-refractivity contribution in [3.05, 3.63) is 0 Å². The van der Waals surface area contributed by atoms with Crippen LogP contribution in [0.15, 0.2) is 0 Å². The lowest BCUT2D eigenvalue weighted by Crippen LogP contribution is -2.21. The lowest BCUT2D eigenvalue weighted by molar-refractivity contribution is 0.123. The molecule has 1 saturated heterocycles. The average Bonchev–Trinajstić information content (AvgIpc) is 2.39. The van der Waals surface area contributed by atoms with E-state index in [0.717, 1.165) is 32.5 Å². The van der Waals surface area contributed by atoms with Gasteiger partial charge in [0, 0.05) is 13.2 Å². The third-order valence-electron chi connectivity index (χ3n) is 2.58. The summed E-state index contributed by atoms with van der Waals surface area (Å²) >= 11 is 0. The molecule has 0 saturated carbocycles. The molecule has 0 radical (unpaired) electrons. The maximum atomic E-state index is 8.77. The van der Waals surface area contributed by atoms with E-state index in [9.17, 15) is 0 Å². The summed E-state index contributed by atoms with van der Waals surface area (Å²) in [5, 5.41) is 8.77. The molecule has 0 aromatic carbocycles. The Morgan fingerprint density at radius 1 is 1.60 bits per heavy atom. The standard InChI is InChI=1S/C8H16O2/c1-2-8(3-5-9)4-6-10-7-8/h9H,2-7H2,1H3. The molecule has 1 heterocycles. The first-order valence-electron chi connectivity index (χ1n) is 4.01. The van der Waals surface area contributed by atoms with Gasteiger partial charge in [0.1, 0.15) is 0 Å². The van der Waals surface area contributed by atoms with E-state index in [1.807, 2.05) is 0 Å². The van der Waals surface area contributed by atoms with Crippen LogP contribution >= 0.6 is 0 Å². The molecule has 0 amide bonds. The quantitative estimate of drug-likeness (QED) is 0.644. The second-order valence-electron chi connectivity index (χ2n) is 3.13. The van der Waals surface area contributed by atoms with E-state index in [1.54, 1.807) is 0 Å². The summed E-state index contributed by atoms with van der Waals surface area (Å²) in [4.78, 5) is 0. The summed E-state index contributed by atoms with van der Waals surface area (Å²) in [5.74, 6) is 0. The van der Waals surface area contributed by atoms with Gasteiger partial charge in [0.25, 0.3) is 0 Å². The Morgan fingerprint density at radius 2 is 2.40 bits per heavy atom. The second kappa shape index (κ2) is 3.35. The Bertz CT molecular complexity index is 95.4. The summed E-state index contributed by atoms with van der Waals surface area (Å²) < 4.78 is 5.29. The van der Waals surface area contributed by atoms with E-state index in [2.05, 4.69) is 6.92 Å². The molecule has 2 heteroatoms. The van der Waals surface area contributed by atoms with Crippen molar-refractivity contribution in [3.63, 3.8) is 0 Å². The van der Waals surface area contributed by atoms with Gasteiger partial charge in [-0.15, -0.1) is 0 Å². The first kappa shape index (κ1) is 8.02. The van der Waals surface area contributed by atoms with Crippen molar-refractivity contribution in [1.29, 1.82) is 0 Å². The summed E-state index contributed by atoms with van der Waals surface area (Å²) in [7, 11) is 0. The maximum absolute atomic E-state index is 8.77. The Balaban J connectivity index is 2.41. The van der Waals surface area contributed by atoms with Crippen LogP contribution in [-0.4, -0.2) is 24.9 Å². The number of aliphatic hydroxyl groups is 1. The molecule has 1 aliphatic rings. The minimum atomic E-state index is 0.303. The molecule has 1 aliphatic heterocycles. The topological polar surface area (TPSA) is 29.5 Å². The van der Waals surface area contributed by atoms with Gasteiger partial charge in [-0.3, -0.25) is 0 Å². The molecule has 1 N–H and O–H groups in total. The van der Waals surface area contributed by atoms with Crippen LogP contribution in [0.25, 0.3) is 0 Å². The zero-order valence-corrected chi connectivity index (χ0v) is 6.60. The molecule has 10 heavy (non-hydrogen) atoms. The van der Waals surface area contributed by atoms with Crippen LogP contribution in [0.4, 0.5) is 0 Å². The maximum Gasteiger partial charge on any atom is 0.0524 e. The summed E-state index contributed by atoms with van der Waals surface area (Å²) in [6.45, 7) is 4.21. The largest absolute Gasteiger partial charge is 0.396 e. The molecule has 0 aliphatic carbocycles. The van der Waals surface area contributed by atoms with Crippen molar-refractivity contribution in [1.82, 2.24) is 0 Å². The number of hydrogen-bond acceptors (Lipinski definition) is 2. The fraction of sp³-hybridized carbons (Fsp3) is 1.00. The van der Waals surface area contributed by atoms with E-state index >= 15 is 0 Å². The first-order chi connectivity index (χ1) is 4.83. The zero-order chi connectivity index (χ0) is 7.45. The van der Waals surface area contributed by atoms with E-state index < -0.39 is 0 Å². The third-order valence-corrected chi connectivity index (χ3v) is 2.58. The Hall–Kier alpha value is -0.0800. The third kappa shape index (κ3) is 1.50. The second-order valence-corrected chi connectivity index (χ2v) is 3.13. The highest BCUT2D eigenvalue weighted by molar-refractivity contribution is 4.81. The molecular weight excluding hydrogens is 128 g/mol. The Labute approximate surface area is 62.2 Å². The first-order valence-corrected chi connectivity index (χ1v) is 4.01. The van der Waals surface area contributed by atoms with E-state index in [0.29, 0.717) is 12.0 Å². The number of ether oxygens (including phenoxy) is 1. The SMILES string of the molecule is CCC1(CCO)CCOC1. The lowest BCUT2D eigenvalue weighted by Gasteiger charge is -2.23. The van der Waals surface area contributed by atoms with Crippen molar-refractivity contribution in [2.45, 2.75) is 26.2 Å². The van der Waals surface area contributed by atoms with Gasteiger partial charge in [-0.2, -0.15) is 0 Å². The van der Waals surface area contributed by atoms with Gasteiger partial charge in [-0.1, -0.05) is 6.92 Å². The highest BCUT2D eigenvalue weighted by Crippen LogP contribution is 2.35. The zero-order valence-electron chi connectivity index (χ0n) is 6.60. The summed E-state index contributed by atoms with van der Waals surface area (Å²) in [5.41, 5.74) is 0.314. The number of aliphatic hydroxyl groups excluding tert-OH is 1. The van der Waals surface area contributed by atoms with Crippen LogP contribution in [0.5, 0.6) is 0 Å². The van der Waals surface area contributed by atoms with Gasteiger partial charge < -0.3 is 9.84 Å². The van der Waals surface area contributed by atoms with Crippen LogP contribution in [-0.2, 0) is 4.74 Å². The molecule has 0 aromatic rings. The van der Waals surface area contributed by atoms with E-state index in [4.69, 9.17) is 9.84 Å². The van der Waals surface area contributed by atoms with E-state index in [-0.39, 0.29) is 0 Å². The summed E-state index contributed by atoms with van der Waals surface area (Å²) in [6, 6.07) is 0. The van der Waals surface area contributed by atoms with E-state index in [1.165, 1.54) is 0 Å². The predicted molar refractivity (Wildman–Crippen MR) is 39.9 cm³/mol. The minimum absolute atomic E-state index is 0.303. The molecule has 0 spiro atoms. The highest BCUT2D eigenvalue weighted by Gasteiger charge is 2.31. The molecular formula is C8H16O2. The van der Waals surface area contributed by atoms with Gasteiger partial charge in [0.2, 0.25) is 0 Å². The van der Waals surface area contributed by atoms with Crippen molar-refractivity contribution < 1.29 is 9.84 Å². The highest BCUT2D eigenvalue weighted by atomic mass is 16.5. The Kier molecular flexibility index (Phi) is 2.69. The van der Waals surface area contributed by atoms with Crippen LogP contribution in [0.3, 0.4) is 0 Å². The lowest BCUT2D eigenvalue weighted by atomic mass is 9.82. The smallest absolute Gasteiger partial charge is 0.0524 e. The van der Waals surface area contributed by atoms with Gasteiger partial charge in [0.15, 0.2) is 0 Å². The van der Waals surface area contributed by atoms with Gasteiger partial charge >= 0.3 is 0 Å². The van der Waals surface area contributed by atoms with Crippen LogP contribution in [0.1, 0.15) is 26.2 Å². The number of rotatable bonds is 3. The fourth-order valence-corrected chi connectivity index (χ4v) is 1.54. The monoisotopic (exact) mass is 144 g/mol. The van der Waals surface area contributed by atoms with Crippen LogP contribution in [0.2, 0.25) is 0 Å². The molecule has 1 rings (SSSR count). The summed E-state index contributed by atoms with van der Waals surface area (Å²) in [6.07, 6.45) is 3.17. The van der Waals surface area contributed by atoms with Crippen molar-refractivity contribution >= 4 is 0 Å². The molecule has 1 unspecified atom stereocenters. The van der Waals surface area contributed by atoms with Gasteiger partial charge in [-0.25, -0.2) is 0 Å². The number of hydrogen-bond donors (Lipinski definition) is 1. The normalized spacial score (nSPS) is 33.0. The van der Waals surface area contributed by atoms with Crippen LogP contribution in [0, 0.1) is 5.41 Å². The average molecular weight is 144 g/mol. The molecule has 0 aromatic heterocycles. The van der Waals surface area contributed by atoms with Gasteiger partial charge in [0.05, 0.1) is 6.61 Å². The Morgan fingerprint density at radius 3 is 2.80 bits per heavy atom. The predicted octanol–water partition coefficient (Wildman–Crippen LogP) is 1.19. The van der Waals surface area contributed by atoms with Crippen LogP contribution < -0.4 is 0 Å². The van der Waals surface area contributed by atoms with Crippen molar-refractivity contribution in [2.75, 3.05) is 19.8 Å². The van der Waals surface area contributed by atoms with Crippen molar-refractivity contribution in [2.24, 2.45) is 5.41 Å². The van der Waals surface area contributed by atoms with Gasteiger partial charge in [-0.05, 0) is 24.7 Å². The molecule has 0 bridgehead atoms. The molecule has 1 fully saturated rings. The fourth-order valence-electron chi connectivity index (χ4n) is 1.54.